The van der Waals surface area contributed by atoms with Crippen LogP contribution in [0, 0.1) is 5.92 Å². The van der Waals surface area contributed by atoms with E-state index in [2.05, 4.69) is 10.2 Å². The zero-order chi connectivity index (χ0) is 18.8. The standard InChI is InChI=1S/C13H14ClN3O.C5H10O2/c1-2-17(13-4-3-7-15-16-13)9-10-8-11(14)5-6-12(10)18;1-3-4(2)5(6)7/h3-8,18H,2,9H2,1H3;4H,3H2,1-2H3,(H,6,7). The molecule has 1 aromatic heterocycles. The van der Waals surface area contributed by atoms with Crippen molar-refractivity contribution in [3.8, 4) is 5.75 Å². The van der Waals surface area contributed by atoms with Gasteiger partial charge in [0, 0.05) is 29.9 Å². The van der Waals surface area contributed by atoms with Gasteiger partial charge in [-0.3, -0.25) is 4.79 Å². The van der Waals surface area contributed by atoms with Crippen LogP contribution >= 0.6 is 11.6 Å². The molecule has 2 aromatic rings. The molecule has 25 heavy (non-hydrogen) atoms. The van der Waals surface area contributed by atoms with Gasteiger partial charge in [0.15, 0.2) is 5.82 Å². The number of phenolic OH excluding ortho intramolecular Hbond substituents is 1. The van der Waals surface area contributed by atoms with Gasteiger partial charge in [-0.25, -0.2) is 0 Å². The summed E-state index contributed by atoms with van der Waals surface area (Å²) in [5.41, 5.74) is 0.773. The highest BCUT2D eigenvalue weighted by atomic mass is 35.5. The first-order valence-electron chi connectivity index (χ1n) is 8.11. The molecule has 7 heteroatoms. The average Bonchev–Trinajstić information content (AvgIpc) is 2.62. The lowest BCUT2D eigenvalue weighted by Gasteiger charge is -2.21. The minimum Gasteiger partial charge on any atom is -0.508 e. The zero-order valence-electron chi connectivity index (χ0n) is 14.7. The number of aromatic nitrogens is 2. The minimum atomic E-state index is -0.706. The van der Waals surface area contributed by atoms with Crippen molar-refractivity contribution in [2.75, 3.05) is 11.4 Å². The second kappa shape index (κ2) is 10.5. The number of aliphatic carboxylic acids is 1. The number of phenols is 1. The van der Waals surface area contributed by atoms with Crippen molar-refractivity contribution in [2.45, 2.75) is 33.7 Å². The molecule has 0 amide bonds. The number of carboxylic acids is 1. The fourth-order valence-corrected chi connectivity index (χ4v) is 2.07. The van der Waals surface area contributed by atoms with Gasteiger partial charge in [-0.1, -0.05) is 25.4 Å². The first-order chi connectivity index (χ1) is 11.9. The summed E-state index contributed by atoms with van der Waals surface area (Å²) in [6.07, 6.45) is 2.35. The van der Waals surface area contributed by atoms with Crippen molar-refractivity contribution >= 4 is 23.4 Å². The van der Waals surface area contributed by atoms with E-state index in [0.29, 0.717) is 11.6 Å². The van der Waals surface area contributed by atoms with Crippen LogP contribution in [-0.4, -0.2) is 32.9 Å². The van der Waals surface area contributed by atoms with E-state index in [1.165, 1.54) is 0 Å². The highest BCUT2D eigenvalue weighted by molar-refractivity contribution is 6.30. The number of rotatable bonds is 6. The number of hydrogen-bond acceptors (Lipinski definition) is 5. The Labute approximate surface area is 153 Å². The van der Waals surface area contributed by atoms with E-state index in [4.69, 9.17) is 16.7 Å². The first-order valence-corrected chi connectivity index (χ1v) is 8.49. The van der Waals surface area contributed by atoms with E-state index in [1.807, 2.05) is 30.9 Å². The molecule has 1 aromatic carbocycles. The molecule has 0 radical (unpaired) electrons. The predicted octanol–water partition coefficient (Wildman–Crippen LogP) is 3.98. The number of benzene rings is 1. The quantitative estimate of drug-likeness (QED) is 0.805. The van der Waals surface area contributed by atoms with Gasteiger partial charge in [-0.15, -0.1) is 5.10 Å². The first kappa shape index (κ1) is 20.7. The summed E-state index contributed by atoms with van der Waals surface area (Å²) in [7, 11) is 0. The van der Waals surface area contributed by atoms with Crippen LogP contribution in [0.1, 0.15) is 32.8 Å². The molecule has 1 unspecified atom stereocenters. The minimum absolute atomic E-state index is 0.181. The summed E-state index contributed by atoms with van der Waals surface area (Å²) < 4.78 is 0. The Kier molecular flexibility index (Phi) is 8.70. The summed E-state index contributed by atoms with van der Waals surface area (Å²) in [6.45, 7) is 6.89. The fourth-order valence-electron chi connectivity index (χ4n) is 1.88. The molecular formula is C18H24ClN3O3. The normalized spacial score (nSPS) is 11.2. The van der Waals surface area contributed by atoms with E-state index < -0.39 is 5.97 Å². The van der Waals surface area contributed by atoms with E-state index in [0.717, 1.165) is 24.3 Å². The number of carboxylic acid groups (broad SMARTS) is 1. The summed E-state index contributed by atoms with van der Waals surface area (Å²) in [4.78, 5) is 11.9. The van der Waals surface area contributed by atoms with Crippen LogP contribution < -0.4 is 4.90 Å². The number of anilines is 1. The Bertz CT molecular complexity index is 668. The lowest BCUT2D eigenvalue weighted by Crippen LogP contribution is -2.23. The number of nitrogens with zero attached hydrogens (tertiary/aromatic N) is 3. The zero-order valence-corrected chi connectivity index (χ0v) is 15.4. The predicted molar refractivity (Wildman–Crippen MR) is 99.0 cm³/mol. The maximum Gasteiger partial charge on any atom is 0.306 e. The molecule has 0 fully saturated rings. The third-order valence-corrected chi connectivity index (χ3v) is 3.94. The Balaban J connectivity index is 0.000000381. The number of carbonyl (C=O) groups is 1. The third kappa shape index (κ3) is 6.97. The second-order valence-corrected chi connectivity index (χ2v) is 5.95. The molecule has 1 heterocycles. The topological polar surface area (TPSA) is 86.5 Å². The van der Waals surface area contributed by atoms with E-state index >= 15 is 0 Å². The van der Waals surface area contributed by atoms with Gasteiger partial charge in [0.2, 0.25) is 0 Å². The Hall–Kier alpha value is -2.34. The van der Waals surface area contributed by atoms with Crippen LogP contribution in [0.3, 0.4) is 0 Å². The molecule has 0 spiro atoms. The average molecular weight is 366 g/mol. The van der Waals surface area contributed by atoms with Crippen molar-refractivity contribution in [2.24, 2.45) is 5.92 Å². The highest BCUT2D eigenvalue weighted by Gasteiger charge is 2.10. The van der Waals surface area contributed by atoms with Crippen molar-refractivity contribution in [1.82, 2.24) is 10.2 Å². The third-order valence-electron chi connectivity index (χ3n) is 3.70. The molecule has 2 rings (SSSR count). The monoisotopic (exact) mass is 365 g/mol. The molecule has 6 nitrogen and oxygen atoms in total. The van der Waals surface area contributed by atoms with Gasteiger partial charge in [0.25, 0.3) is 0 Å². The van der Waals surface area contributed by atoms with Gasteiger partial charge < -0.3 is 15.1 Å². The molecular weight excluding hydrogens is 342 g/mol. The van der Waals surface area contributed by atoms with E-state index in [-0.39, 0.29) is 11.7 Å². The molecule has 0 saturated heterocycles. The van der Waals surface area contributed by atoms with Gasteiger partial charge in [-0.2, -0.15) is 5.10 Å². The largest absolute Gasteiger partial charge is 0.508 e. The fraction of sp³-hybridized carbons (Fsp3) is 0.389. The smallest absolute Gasteiger partial charge is 0.306 e. The maximum absolute atomic E-state index is 9.93. The number of halogens is 1. The summed E-state index contributed by atoms with van der Waals surface area (Å²) in [5, 5.41) is 26.5. The SMILES string of the molecule is CCC(C)C(=O)O.CCN(Cc1cc(Cl)ccc1O)c1cccnn1. The lowest BCUT2D eigenvalue weighted by atomic mass is 10.1. The lowest BCUT2D eigenvalue weighted by molar-refractivity contribution is -0.141. The van der Waals surface area contributed by atoms with Crippen LogP contribution in [-0.2, 0) is 11.3 Å². The molecule has 0 aliphatic rings. The van der Waals surface area contributed by atoms with Gasteiger partial charge in [0.1, 0.15) is 5.75 Å². The Morgan fingerprint density at radius 3 is 2.52 bits per heavy atom. The molecule has 1 atom stereocenters. The van der Waals surface area contributed by atoms with Gasteiger partial charge >= 0.3 is 5.97 Å². The molecule has 0 bridgehead atoms. The van der Waals surface area contributed by atoms with Crippen LogP contribution in [0.5, 0.6) is 5.75 Å². The van der Waals surface area contributed by atoms with Crippen molar-refractivity contribution in [3.63, 3.8) is 0 Å². The number of hydrogen-bond donors (Lipinski definition) is 2. The van der Waals surface area contributed by atoms with Crippen molar-refractivity contribution < 1.29 is 15.0 Å². The van der Waals surface area contributed by atoms with Crippen LogP contribution in [0.2, 0.25) is 5.02 Å². The summed E-state index contributed by atoms with van der Waals surface area (Å²) in [6, 6.07) is 8.75. The molecule has 0 aliphatic carbocycles. The number of aromatic hydroxyl groups is 1. The molecule has 0 saturated carbocycles. The summed E-state index contributed by atoms with van der Waals surface area (Å²) in [5.74, 6) is 0.128. The van der Waals surface area contributed by atoms with Gasteiger partial charge in [0.05, 0.1) is 5.92 Å². The Morgan fingerprint density at radius 2 is 2.04 bits per heavy atom. The maximum atomic E-state index is 9.93. The molecule has 0 aliphatic heterocycles. The summed E-state index contributed by atoms with van der Waals surface area (Å²) >= 11 is 5.93. The molecule has 136 valence electrons. The van der Waals surface area contributed by atoms with E-state index in [1.54, 1.807) is 31.3 Å². The van der Waals surface area contributed by atoms with Crippen molar-refractivity contribution in [1.29, 1.82) is 0 Å². The van der Waals surface area contributed by atoms with Crippen LogP contribution in [0.4, 0.5) is 5.82 Å². The van der Waals surface area contributed by atoms with Crippen LogP contribution in [0.15, 0.2) is 36.5 Å². The van der Waals surface area contributed by atoms with Crippen LogP contribution in [0.25, 0.3) is 0 Å². The highest BCUT2D eigenvalue weighted by Crippen LogP contribution is 2.24. The van der Waals surface area contributed by atoms with Crippen molar-refractivity contribution in [3.05, 3.63) is 47.1 Å². The van der Waals surface area contributed by atoms with Gasteiger partial charge in [-0.05, 0) is 43.7 Å². The molecule has 2 N–H and O–H groups in total. The second-order valence-electron chi connectivity index (χ2n) is 5.52. The van der Waals surface area contributed by atoms with E-state index in [9.17, 15) is 9.90 Å². The Morgan fingerprint density at radius 1 is 1.32 bits per heavy atom.